The Kier molecular flexibility index (Phi) is 7.46. The summed E-state index contributed by atoms with van der Waals surface area (Å²) in [6, 6.07) is 33.6. The number of hydrogen-bond donors (Lipinski definition) is 0. The van der Waals surface area contributed by atoms with Gasteiger partial charge < -0.3 is 9.47 Å². The molecule has 0 amide bonds. The highest BCUT2D eigenvalue weighted by atomic mass is 16.6. The fourth-order valence-electron chi connectivity index (χ4n) is 4.68. The van der Waals surface area contributed by atoms with Gasteiger partial charge in [0.25, 0.3) is 0 Å². The van der Waals surface area contributed by atoms with Gasteiger partial charge in [0.1, 0.15) is 12.2 Å². The monoisotopic (exact) mass is 490 g/mol. The SMILES string of the molecule is Cc1ccc(C(=O)OC2CCC(OC(=O)c3ccc(-c4ccc(-c5ccccc5)cc4)cc3)CC2)cc1. The summed E-state index contributed by atoms with van der Waals surface area (Å²) in [6.07, 6.45) is 2.44. The zero-order valence-electron chi connectivity index (χ0n) is 20.9. The van der Waals surface area contributed by atoms with Crippen molar-refractivity contribution in [3.05, 3.63) is 120 Å². The second kappa shape index (κ2) is 11.3. The van der Waals surface area contributed by atoms with E-state index < -0.39 is 0 Å². The molecule has 1 aliphatic carbocycles. The van der Waals surface area contributed by atoms with Crippen LogP contribution in [0.3, 0.4) is 0 Å². The smallest absolute Gasteiger partial charge is 0.338 e. The number of aryl methyl sites for hydroxylation is 1. The first-order valence-corrected chi connectivity index (χ1v) is 12.8. The van der Waals surface area contributed by atoms with Gasteiger partial charge in [-0.05, 0) is 79.1 Å². The van der Waals surface area contributed by atoms with Crippen LogP contribution >= 0.6 is 0 Å². The molecule has 0 atom stereocenters. The standard InChI is InChI=1S/C33H30O4/c1-23-7-9-28(10-8-23)32(34)36-30-19-21-31(22-20-30)37-33(35)29-17-15-27(16-18-29)26-13-11-25(12-14-26)24-5-3-2-4-6-24/h2-18,30-31H,19-22H2,1H3. The number of carbonyl (C=O) groups is 2. The van der Waals surface area contributed by atoms with Crippen molar-refractivity contribution in [1.29, 1.82) is 0 Å². The van der Waals surface area contributed by atoms with Crippen LogP contribution in [-0.4, -0.2) is 24.1 Å². The van der Waals surface area contributed by atoms with Gasteiger partial charge in [-0.15, -0.1) is 0 Å². The molecule has 186 valence electrons. The molecule has 0 saturated heterocycles. The lowest BCUT2D eigenvalue weighted by atomic mass is 9.94. The zero-order valence-corrected chi connectivity index (χ0v) is 20.9. The van der Waals surface area contributed by atoms with Gasteiger partial charge >= 0.3 is 11.9 Å². The summed E-state index contributed by atoms with van der Waals surface area (Å²) in [5.41, 5.74) is 6.71. The number of rotatable bonds is 6. The highest BCUT2D eigenvalue weighted by Gasteiger charge is 2.27. The van der Waals surface area contributed by atoms with Gasteiger partial charge in [-0.2, -0.15) is 0 Å². The van der Waals surface area contributed by atoms with E-state index in [1.807, 2.05) is 61.5 Å². The minimum atomic E-state index is -0.314. The maximum atomic E-state index is 12.7. The fraction of sp³-hybridized carbons (Fsp3) is 0.212. The van der Waals surface area contributed by atoms with Crippen LogP contribution in [0.15, 0.2) is 103 Å². The van der Waals surface area contributed by atoms with Crippen molar-refractivity contribution in [2.45, 2.75) is 44.8 Å². The minimum absolute atomic E-state index is 0.142. The predicted molar refractivity (Wildman–Crippen MR) is 145 cm³/mol. The molecule has 4 heteroatoms. The highest BCUT2D eigenvalue weighted by Crippen LogP contribution is 2.27. The molecule has 1 saturated carbocycles. The molecule has 0 aliphatic heterocycles. The molecule has 0 heterocycles. The van der Waals surface area contributed by atoms with Crippen LogP contribution in [0.4, 0.5) is 0 Å². The second-order valence-electron chi connectivity index (χ2n) is 9.60. The molecular formula is C33H30O4. The minimum Gasteiger partial charge on any atom is -0.459 e. The maximum absolute atomic E-state index is 12.7. The summed E-state index contributed by atoms with van der Waals surface area (Å²) < 4.78 is 11.4. The third kappa shape index (κ3) is 6.15. The largest absolute Gasteiger partial charge is 0.459 e. The van der Waals surface area contributed by atoms with Crippen LogP contribution in [0.5, 0.6) is 0 Å². The first-order chi connectivity index (χ1) is 18.0. The number of ether oxygens (including phenoxy) is 2. The van der Waals surface area contributed by atoms with Crippen molar-refractivity contribution < 1.29 is 19.1 Å². The predicted octanol–water partition coefficient (Wildman–Crippen LogP) is 7.65. The summed E-state index contributed by atoms with van der Waals surface area (Å²) >= 11 is 0. The van der Waals surface area contributed by atoms with Crippen molar-refractivity contribution in [3.8, 4) is 22.3 Å². The molecule has 1 fully saturated rings. The summed E-state index contributed by atoms with van der Waals surface area (Å²) in [5.74, 6) is -0.610. The van der Waals surface area contributed by atoms with Crippen molar-refractivity contribution in [2.75, 3.05) is 0 Å². The summed E-state index contributed by atoms with van der Waals surface area (Å²) in [7, 11) is 0. The van der Waals surface area contributed by atoms with E-state index in [9.17, 15) is 9.59 Å². The number of carbonyl (C=O) groups excluding carboxylic acids is 2. The molecule has 5 rings (SSSR count). The second-order valence-corrected chi connectivity index (χ2v) is 9.60. The van der Waals surface area contributed by atoms with Gasteiger partial charge in [-0.1, -0.05) is 84.4 Å². The molecule has 0 bridgehead atoms. The molecule has 37 heavy (non-hydrogen) atoms. The Morgan fingerprint density at radius 1 is 0.514 bits per heavy atom. The Balaban J connectivity index is 1.12. The van der Waals surface area contributed by atoms with E-state index in [-0.39, 0.29) is 24.1 Å². The molecule has 0 radical (unpaired) electrons. The lowest BCUT2D eigenvalue weighted by Gasteiger charge is -2.28. The van der Waals surface area contributed by atoms with E-state index in [1.54, 1.807) is 12.1 Å². The summed E-state index contributed by atoms with van der Waals surface area (Å²) in [6.45, 7) is 1.98. The Morgan fingerprint density at radius 3 is 1.30 bits per heavy atom. The summed E-state index contributed by atoms with van der Waals surface area (Å²) in [4.78, 5) is 25.1. The van der Waals surface area contributed by atoms with E-state index in [2.05, 4.69) is 36.4 Å². The number of benzene rings is 4. The highest BCUT2D eigenvalue weighted by molar-refractivity contribution is 5.90. The first kappa shape index (κ1) is 24.5. The van der Waals surface area contributed by atoms with E-state index >= 15 is 0 Å². The molecule has 0 N–H and O–H groups in total. The quantitative estimate of drug-likeness (QED) is 0.260. The topological polar surface area (TPSA) is 52.6 Å². The van der Waals surface area contributed by atoms with Gasteiger partial charge in [0.2, 0.25) is 0 Å². The Hall–Kier alpha value is -4.18. The fourth-order valence-corrected chi connectivity index (χ4v) is 4.68. The lowest BCUT2D eigenvalue weighted by Crippen LogP contribution is -2.29. The lowest BCUT2D eigenvalue weighted by molar-refractivity contribution is -0.0108. The Morgan fingerprint density at radius 2 is 0.865 bits per heavy atom. The van der Waals surface area contributed by atoms with Gasteiger partial charge in [0, 0.05) is 0 Å². The van der Waals surface area contributed by atoms with Crippen LogP contribution in [0, 0.1) is 6.92 Å². The van der Waals surface area contributed by atoms with Crippen molar-refractivity contribution in [3.63, 3.8) is 0 Å². The van der Waals surface area contributed by atoms with Crippen molar-refractivity contribution in [1.82, 2.24) is 0 Å². The molecule has 4 aromatic rings. The molecule has 0 aromatic heterocycles. The van der Waals surface area contributed by atoms with Gasteiger partial charge in [-0.3, -0.25) is 0 Å². The van der Waals surface area contributed by atoms with E-state index in [0.29, 0.717) is 36.8 Å². The number of hydrogen-bond acceptors (Lipinski definition) is 4. The van der Waals surface area contributed by atoms with Crippen LogP contribution in [0.1, 0.15) is 52.0 Å². The number of esters is 2. The Labute approximate surface area is 217 Å². The third-order valence-electron chi connectivity index (χ3n) is 6.90. The summed E-state index contributed by atoms with van der Waals surface area (Å²) in [5, 5.41) is 0. The van der Waals surface area contributed by atoms with E-state index in [1.165, 1.54) is 11.1 Å². The Bertz CT molecular complexity index is 1330. The van der Waals surface area contributed by atoms with Crippen LogP contribution in [0.25, 0.3) is 22.3 Å². The zero-order chi connectivity index (χ0) is 25.6. The van der Waals surface area contributed by atoms with Gasteiger partial charge in [0.15, 0.2) is 0 Å². The third-order valence-corrected chi connectivity index (χ3v) is 6.90. The van der Waals surface area contributed by atoms with Crippen molar-refractivity contribution >= 4 is 11.9 Å². The van der Waals surface area contributed by atoms with Crippen LogP contribution < -0.4 is 0 Å². The van der Waals surface area contributed by atoms with Crippen molar-refractivity contribution in [2.24, 2.45) is 0 Å². The molecule has 1 aliphatic rings. The molecule has 0 spiro atoms. The van der Waals surface area contributed by atoms with Crippen LogP contribution in [-0.2, 0) is 9.47 Å². The van der Waals surface area contributed by atoms with Gasteiger partial charge in [0.05, 0.1) is 11.1 Å². The molecule has 4 aromatic carbocycles. The molecule has 0 unspecified atom stereocenters. The average molecular weight is 491 g/mol. The van der Waals surface area contributed by atoms with E-state index in [4.69, 9.17) is 9.47 Å². The molecule has 4 nitrogen and oxygen atoms in total. The normalized spacial score (nSPS) is 17.1. The van der Waals surface area contributed by atoms with Crippen LogP contribution in [0.2, 0.25) is 0 Å². The first-order valence-electron chi connectivity index (χ1n) is 12.8. The molecular weight excluding hydrogens is 460 g/mol. The van der Waals surface area contributed by atoms with Gasteiger partial charge in [-0.25, -0.2) is 9.59 Å². The maximum Gasteiger partial charge on any atom is 0.338 e. The van der Waals surface area contributed by atoms with E-state index in [0.717, 1.165) is 16.7 Å². The average Bonchev–Trinajstić information content (AvgIpc) is 2.95.